The molecule has 0 saturated heterocycles. The lowest BCUT2D eigenvalue weighted by Gasteiger charge is -2.34. The van der Waals surface area contributed by atoms with Gasteiger partial charge in [0.15, 0.2) is 0 Å². The van der Waals surface area contributed by atoms with Gasteiger partial charge in [-0.15, -0.1) is 0 Å². The van der Waals surface area contributed by atoms with E-state index in [1.54, 1.807) is 31.2 Å². The summed E-state index contributed by atoms with van der Waals surface area (Å²) in [5.74, 6) is -1.22. The Morgan fingerprint density at radius 1 is 0.951 bits per heavy atom. The first-order chi connectivity index (χ1) is 19.5. The van der Waals surface area contributed by atoms with Gasteiger partial charge in [0.05, 0.1) is 11.9 Å². The van der Waals surface area contributed by atoms with E-state index >= 15 is 0 Å². The summed E-state index contributed by atoms with van der Waals surface area (Å²) >= 11 is 0. The summed E-state index contributed by atoms with van der Waals surface area (Å²) in [6.45, 7) is 3.24. The number of aryl methyl sites for hydroxylation is 2. The van der Waals surface area contributed by atoms with E-state index in [1.807, 2.05) is 43.3 Å². The molecule has 0 heterocycles. The summed E-state index contributed by atoms with van der Waals surface area (Å²) in [5.41, 5.74) is 3.58. The van der Waals surface area contributed by atoms with Crippen molar-refractivity contribution in [2.24, 2.45) is 0 Å². The first-order valence-electron chi connectivity index (χ1n) is 13.9. The fraction of sp³-hybridized carbons (Fsp3) is 0.375. The number of benzene rings is 3. The zero-order valence-electron chi connectivity index (χ0n) is 23.8. The zero-order chi connectivity index (χ0) is 29.6. The number of hydrogen-bond acceptors (Lipinski definition) is 4. The molecule has 0 radical (unpaired) electrons. The quantitative estimate of drug-likeness (QED) is 0.350. The number of nitrogens with zero attached hydrogens (tertiary/aromatic N) is 2. The summed E-state index contributed by atoms with van der Waals surface area (Å²) in [7, 11) is -3.85. The van der Waals surface area contributed by atoms with Gasteiger partial charge in [-0.2, -0.15) is 0 Å². The third-order valence-electron chi connectivity index (χ3n) is 7.54. The minimum atomic E-state index is -3.85. The molecule has 1 atom stereocenters. The Kier molecular flexibility index (Phi) is 9.81. The maximum Gasteiger partial charge on any atom is 0.244 e. The average molecular weight is 580 g/mol. The van der Waals surface area contributed by atoms with Crippen molar-refractivity contribution < 1.29 is 22.4 Å². The smallest absolute Gasteiger partial charge is 0.244 e. The first-order valence-corrected chi connectivity index (χ1v) is 15.8. The lowest BCUT2D eigenvalue weighted by molar-refractivity contribution is -0.140. The lowest BCUT2D eigenvalue weighted by atomic mass is 10.0. The molecule has 0 aromatic heterocycles. The minimum absolute atomic E-state index is 0.0131. The number of halogens is 1. The van der Waals surface area contributed by atoms with Crippen LogP contribution in [0.4, 0.5) is 10.1 Å². The highest BCUT2D eigenvalue weighted by Gasteiger charge is 2.34. The van der Waals surface area contributed by atoms with Gasteiger partial charge in [-0.05, 0) is 61.6 Å². The van der Waals surface area contributed by atoms with E-state index in [4.69, 9.17) is 0 Å². The second kappa shape index (κ2) is 13.3. The molecule has 218 valence electrons. The van der Waals surface area contributed by atoms with E-state index in [1.165, 1.54) is 17.0 Å². The number of anilines is 1. The number of hydrogen-bond donors (Lipinski definition) is 1. The fourth-order valence-corrected chi connectivity index (χ4v) is 6.30. The van der Waals surface area contributed by atoms with Crippen molar-refractivity contribution in [3.05, 3.63) is 101 Å². The zero-order valence-corrected chi connectivity index (χ0v) is 24.7. The largest absolute Gasteiger partial charge is 0.352 e. The van der Waals surface area contributed by atoms with Crippen molar-refractivity contribution in [3.63, 3.8) is 0 Å². The van der Waals surface area contributed by atoms with Crippen LogP contribution in [0.1, 0.15) is 47.9 Å². The van der Waals surface area contributed by atoms with Gasteiger partial charge >= 0.3 is 0 Å². The summed E-state index contributed by atoms with van der Waals surface area (Å²) in [4.78, 5) is 29.4. The number of carbonyl (C=O) groups excluding carboxylic acids is 2. The third kappa shape index (κ3) is 8.16. The van der Waals surface area contributed by atoms with E-state index in [2.05, 4.69) is 5.32 Å². The van der Waals surface area contributed by atoms with Crippen LogP contribution in [-0.2, 0) is 32.6 Å². The van der Waals surface area contributed by atoms with E-state index in [0.29, 0.717) is 16.8 Å². The van der Waals surface area contributed by atoms with Gasteiger partial charge < -0.3 is 10.2 Å². The van der Waals surface area contributed by atoms with E-state index in [0.717, 1.165) is 47.4 Å². The molecule has 9 heteroatoms. The molecule has 4 rings (SSSR count). The molecule has 41 heavy (non-hydrogen) atoms. The van der Waals surface area contributed by atoms with Crippen LogP contribution in [0.25, 0.3) is 0 Å². The van der Waals surface area contributed by atoms with Crippen LogP contribution in [0.2, 0.25) is 0 Å². The second-order valence-electron chi connectivity index (χ2n) is 10.9. The number of nitrogens with one attached hydrogen (secondary N) is 1. The molecule has 0 spiro atoms. The normalized spacial score (nSPS) is 14.4. The summed E-state index contributed by atoms with van der Waals surface area (Å²) in [6.07, 6.45) is 5.14. The molecule has 3 aromatic carbocycles. The number of carbonyl (C=O) groups is 2. The fourth-order valence-electron chi connectivity index (χ4n) is 5.39. The van der Waals surface area contributed by atoms with Gasteiger partial charge in [0.25, 0.3) is 0 Å². The Labute approximate surface area is 242 Å². The van der Waals surface area contributed by atoms with Crippen LogP contribution in [0.3, 0.4) is 0 Å². The highest BCUT2D eigenvalue weighted by Crippen LogP contribution is 2.25. The van der Waals surface area contributed by atoms with Gasteiger partial charge in [-0.25, -0.2) is 12.8 Å². The molecular formula is C32H38FN3O4S. The highest BCUT2D eigenvalue weighted by molar-refractivity contribution is 7.92. The summed E-state index contributed by atoms with van der Waals surface area (Å²) in [5, 5.41) is 3.14. The SMILES string of the molecule is Cc1ccc(N(CC(=O)N(Cc2ccc(F)cc2)C(Cc2ccccc2)C(=O)NC2CCCC2)S(C)(=O)=O)c(C)c1. The Balaban J connectivity index is 1.73. The van der Waals surface area contributed by atoms with Gasteiger partial charge in [0.2, 0.25) is 21.8 Å². The van der Waals surface area contributed by atoms with Gasteiger partial charge in [0, 0.05) is 19.0 Å². The van der Waals surface area contributed by atoms with E-state index in [9.17, 15) is 22.4 Å². The Morgan fingerprint density at radius 3 is 2.22 bits per heavy atom. The molecule has 0 bridgehead atoms. The van der Waals surface area contributed by atoms with Gasteiger partial charge in [-0.3, -0.25) is 13.9 Å². The van der Waals surface area contributed by atoms with Crippen LogP contribution in [0.15, 0.2) is 72.8 Å². The molecular weight excluding hydrogens is 541 g/mol. The molecule has 0 aliphatic heterocycles. The van der Waals surface area contributed by atoms with Crippen molar-refractivity contribution in [3.8, 4) is 0 Å². The monoisotopic (exact) mass is 579 g/mol. The van der Waals surface area contributed by atoms with Crippen molar-refractivity contribution in [2.45, 2.75) is 64.6 Å². The van der Waals surface area contributed by atoms with Gasteiger partial charge in [-0.1, -0.05) is 73.0 Å². The van der Waals surface area contributed by atoms with Crippen LogP contribution < -0.4 is 9.62 Å². The molecule has 7 nitrogen and oxygen atoms in total. The van der Waals surface area contributed by atoms with E-state index in [-0.39, 0.29) is 24.9 Å². The van der Waals surface area contributed by atoms with Crippen molar-refractivity contribution in [1.29, 1.82) is 0 Å². The Bertz CT molecular complexity index is 1460. The second-order valence-corrected chi connectivity index (χ2v) is 12.8. The molecule has 1 N–H and O–H groups in total. The first kappa shape index (κ1) is 30.2. The number of sulfonamides is 1. The lowest BCUT2D eigenvalue weighted by Crippen LogP contribution is -2.54. The number of amides is 2. The predicted octanol–water partition coefficient (Wildman–Crippen LogP) is 4.91. The van der Waals surface area contributed by atoms with Crippen molar-refractivity contribution >= 4 is 27.5 Å². The molecule has 1 aliphatic rings. The maximum atomic E-state index is 14.2. The van der Waals surface area contributed by atoms with Crippen LogP contribution in [-0.4, -0.2) is 50.0 Å². The molecule has 1 aliphatic carbocycles. The topological polar surface area (TPSA) is 86.8 Å². The third-order valence-corrected chi connectivity index (χ3v) is 8.67. The standard InChI is InChI=1S/C32H38FN3O4S/c1-23-13-18-29(24(2)19-23)36(41(3,39)40)22-31(37)35(21-26-14-16-27(33)17-15-26)30(20-25-9-5-4-6-10-25)32(38)34-28-11-7-8-12-28/h4-6,9-10,13-19,28,30H,7-8,11-12,20-22H2,1-3H3,(H,34,38). The maximum absolute atomic E-state index is 14.2. The Morgan fingerprint density at radius 2 is 1.61 bits per heavy atom. The van der Waals surface area contributed by atoms with Gasteiger partial charge in [0.1, 0.15) is 18.4 Å². The molecule has 2 amide bonds. The molecule has 1 fully saturated rings. The minimum Gasteiger partial charge on any atom is -0.352 e. The van der Waals surface area contributed by atoms with E-state index < -0.39 is 34.3 Å². The molecule has 1 unspecified atom stereocenters. The average Bonchev–Trinajstić information content (AvgIpc) is 3.43. The summed E-state index contributed by atoms with van der Waals surface area (Å²) in [6, 6.07) is 19.7. The van der Waals surface area contributed by atoms with Crippen LogP contribution in [0.5, 0.6) is 0 Å². The predicted molar refractivity (Wildman–Crippen MR) is 159 cm³/mol. The van der Waals surface area contributed by atoms with Crippen molar-refractivity contribution in [2.75, 3.05) is 17.1 Å². The Hall–Kier alpha value is -3.72. The van der Waals surface area contributed by atoms with Crippen LogP contribution in [0, 0.1) is 19.7 Å². The molecule has 3 aromatic rings. The summed E-state index contributed by atoms with van der Waals surface area (Å²) < 4.78 is 40.8. The van der Waals surface area contributed by atoms with Crippen LogP contribution >= 0.6 is 0 Å². The molecule has 1 saturated carbocycles. The number of rotatable bonds is 11. The van der Waals surface area contributed by atoms with Crippen molar-refractivity contribution in [1.82, 2.24) is 10.2 Å². The highest BCUT2D eigenvalue weighted by atomic mass is 32.2.